The molecule has 27 heavy (non-hydrogen) atoms. The minimum Gasteiger partial charge on any atom is -0.457 e. The normalized spacial score (nSPS) is 18.6. The molecule has 7 nitrogen and oxygen atoms in total. The summed E-state index contributed by atoms with van der Waals surface area (Å²) in [5.41, 5.74) is 2.65. The molecule has 0 amide bonds. The number of carbonyl (C=O) groups is 2. The Bertz CT molecular complexity index is 988. The second-order valence-electron chi connectivity index (χ2n) is 6.83. The van der Waals surface area contributed by atoms with E-state index in [4.69, 9.17) is 4.74 Å². The van der Waals surface area contributed by atoms with Gasteiger partial charge in [-0.25, -0.2) is 13.4 Å². The number of nitrogens with zero attached hydrogens (tertiary/aromatic N) is 2. The lowest BCUT2D eigenvalue weighted by atomic mass is 10.1. The zero-order valence-corrected chi connectivity index (χ0v) is 17.2. The molecule has 1 aliphatic heterocycles. The predicted octanol–water partition coefficient (Wildman–Crippen LogP) is 2.20. The Morgan fingerprint density at radius 1 is 1.33 bits per heavy atom. The molecule has 0 saturated carbocycles. The summed E-state index contributed by atoms with van der Waals surface area (Å²) >= 11 is 1.45. The SMILES string of the molecule is Cc1nc(CC(=O)OCC(=O)c2cc(C)n(C3CCS(=O)(=O)C3)c2C)cs1. The van der Waals surface area contributed by atoms with Crippen LogP contribution in [0.15, 0.2) is 11.4 Å². The number of ether oxygens (including phenoxy) is 1. The predicted molar refractivity (Wildman–Crippen MR) is 102 cm³/mol. The van der Waals surface area contributed by atoms with Crippen molar-refractivity contribution >= 4 is 32.9 Å². The van der Waals surface area contributed by atoms with Gasteiger partial charge in [0, 0.05) is 28.4 Å². The highest BCUT2D eigenvalue weighted by Crippen LogP contribution is 2.29. The molecule has 3 heterocycles. The van der Waals surface area contributed by atoms with Crippen LogP contribution < -0.4 is 0 Å². The van der Waals surface area contributed by atoms with Crippen molar-refractivity contribution in [3.05, 3.63) is 39.1 Å². The molecule has 1 atom stereocenters. The molecule has 0 N–H and O–H groups in total. The van der Waals surface area contributed by atoms with Gasteiger partial charge in [0.15, 0.2) is 16.4 Å². The quantitative estimate of drug-likeness (QED) is 0.535. The largest absolute Gasteiger partial charge is 0.457 e. The molecule has 0 spiro atoms. The van der Waals surface area contributed by atoms with Crippen LogP contribution in [0.5, 0.6) is 0 Å². The number of sulfone groups is 1. The van der Waals surface area contributed by atoms with E-state index in [0.29, 0.717) is 23.4 Å². The second kappa shape index (κ2) is 7.55. The van der Waals surface area contributed by atoms with Gasteiger partial charge in [0.25, 0.3) is 0 Å². The number of aromatic nitrogens is 2. The lowest BCUT2D eigenvalue weighted by Gasteiger charge is -2.16. The van der Waals surface area contributed by atoms with Crippen molar-refractivity contribution in [2.45, 2.75) is 39.7 Å². The highest BCUT2D eigenvalue weighted by molar-refractivity contribution is 7.91. The number of hydrogen-bond acceptors (Lipinski definition) is 7. The van der Waals surface area contributed by atoms with Gasteiger partial charge in [-0.05, 0) is 33.3 Å². The molecule has 1 fully saturated rings. The van der Waals surface area contributed by atoms with Crippen LogP contribution in [0.2, 0.25) is 0 Å². The number of esters is 1. The lowest BCUT2D eigenvalue weighted by molar-refractivity contribution is -0.141. The van der Waals surface area contributed by atoms with Crippen molar-refractivity contribution in [2.75, 3.05) is 18.1 Å². The number of aryl methyl sites for hydroxylation is 2. The number of thiazole rings is 1. The van der Waals surface area contributed by atoms with Gasteiger partial charge in [0.1, 0.15) is 0 Å². The molecule has 1 saturated heterocycles. The van der Waals surface area contributed by atoms with Gasteiger partial charge in [-0.15, -0.1) is 11.3 Å². The fourth-order valence-electron chi connectivity index (χ4n) is 3.51. The summed E-state index contributed by atoms with van der Waals surface area (Å²) in [6.45, 7) is 5.17. The number of rotatable bonds is 6. The zero-order valence-electron chi connectivity index (χ0n) is 15.5. The molecule has 0 aliphatic carbocycles. The average Bonchev–Trinajstić information content (AvgIpc) is 3.23. The Hall–Kier alpha value is -2.00. The third kappa shape index (κ3) is 4.47. The molecule has 9 heteroatoms. The van der Waals surface area contributed by atoms with Crippen molar-refractivity contribution in [1.29, 1.82) is 0 Å². The first-order valence-electron chi connectivity index (χ1n) is 8.65. The fourth-order valence-corrected chi connectivity index (χ4v) is 5.82. The Labute approximate surface area is 162 Å². The number of ketones is 1. The highest BCUT2D eigenvalue weighted by atomic mass is 32.2. The summed E-state index contributed by atoms with van der Waals surface area (Å²) in [6, 6.07) is 1.59. The van der Waals surface area contributed by atoms with Gasteiger partial charge in [-0.2, -0.15) is 0 Å². The van der Waals surface area contributed by atoms with Gasteiger partial charge < -0.3 is 9.30 Å². The maximum absolute atomic E-state index is 12.5. The van der Waals surface area contributed by atoms with Crippen molar-refractivity contribution in [3.63, 3.8) is 0 Å². The van der Waals surface area contributed by atoms with Crippen molar-refractivity contribution < 1.29 is 22.7 Å². The minimum atomic E-state index is -3.02. The summed E-state index contributed by atoms with van der Waals surface area (Å²) in [5.74, 6) is -0.521. The van der Waals surface area contributed by atoms with Crippen LogP contribution in [0.1, 0.15) is 44.9 Å². The first kappa shape index (κ1) is 19.8. The molecule has 146 valence electrons. The van der Waals surface area contributed by atoms with Crippen LogP contribution in [-0.2, 0) is 25.8 Å². The highest BCUT2D eigenvalue weighted by Gasteiger charge is 2.31. The monoisotopic (exact) mass is 410 g/mol. The number of carbonyl (C=O) groups excluding carboxylic acids is 2. The summed E-state index contributed by atoms with van der Waals surface area (Å²) in [5, 5.41) is 2.66. The smallest absolute Gasteiger partial charge is 0.312 e. The minimum absolute atomic E-state index is 0.0383. The zero-order chi connectivity index (χ0) is 19.8. The molecular weight excluding hydrogens is 388 g/mol. The summed E-state index contributed by atoms with van der Waals surface area (Å²) in [4.78, 5) is 28.6. The van der Waals surface area contributed by atoms with Crippen LogP contribution >= 0.6 is 11.3 Å². The van der Waals surface area contributed by atoms with E-state index in [9.17, 15) is 18.0 Å². The first-order valence-corrected chi connectivity index (χ1v) is 11.3. The van der Waals surface area contributed by atoms with Crippen molar-refractivity contribution in [1.82, 2.24) is 9.55 Å². The Morgan fingerprint density at radius 2 is 2.07 bits per heavy atom. The fraction of sp³-hybridized carbons (Fsp3) is 0.500. The van der Waals surface area contributed by atoms with Gasteiger partial charge in [-0.1, -0.05) is 0 Å². The van der Waals surface area contributed by atoms with Crippen LogP contribution in [0.4, 0.5) is 0 Å². The molecule has 0 aromatic carbocycles. The molecule has 0 bridgehead atoms. The molecule has 1 unspecified atom stereocenters. The van der Waals surface area contributed by atoms with Gasteiger partial charge in [-0.3, -0.25) is 9.59 Å². The first-order chi connectivity index (χ1) is 12.7. The third-order valence-corrected chi connectivity index (χ3v) is 7.29. The van der Waals surface area contributed by atoms with E-state index in [1.807, 2.05) is 18.4 Å². The van der Waals surface area contributed by atoms with Crippen LogP contribution in [-0.4, -0.2) is 47.8 Å². The van der Waals surface area contributed by atoms with Crippen LogP contribution in [0.25, 0.3) is 0 Å². The molecule has 1 aliphatic rings. The average molecular weight is 411 g/mol. The molecule has 0 radical (unpaired) electrons. The van der Waals surface area contributed by atoms with Gasteiger partial charge in [0.2, 0.25) is 5.78 Å². The van der Waals surface area contributed by atoms with Crippen LogP contribution in [0, 0.1) is 20.8 Å². The molecule has 3 rings (SSSR count). The van der Waals surface area contributed by atoms with Gasteiger partial charge in [0.05, 0.1) is 28.6 Å². The van der Waals surface area contributed by atoms with E-state index >= 15 is 0 Å². The maximum atomic E-state index is 12.5. The van der Waals surface area contributed by atoms with E-state index in [0.717, 1.165) is 10.7 Å². The summed E-state index contributed by atoms with van der Waals surface area (Å²) < 4.78 is 30.5. The van der Waals surface area contributed by atoms with Gasteiger partial charge >= 0.3 is 5.97 Å². The Kier molecular flexibility index (Phi) is 5.53. The van der Waals surface area contributed by atoms with Crippen molar-refractivity contribution in [3.8, 4) is 0 Å². The second-order valence-corrected chi connectivity index (χ2v) is 10.1. The van der Waals surface area contributed by atoms with E-state index in [1.54, 1.807) is 18.4 Å². The molecule has 2 aromatic heterocycles. The maximum Gasteiger partial charge on any atom is 0.312 e. The van der Waals surface area contributed by atoms with Crippen molar-refractivity contribution in [2.24, 2.45) is 0 Å². The number of hydrogen-bond donors (Lipinski definition) is 0. The lowest BCUT2D eigenvalue weighted by Crippen LogP contribution is -2.17. The summed E-state index contributed by atoms with van der Waals surface area (Å²) in [6.07, 6.45) is 0.588. The number of Topliss-reactive ketones (excluding diaryl/α,β-unsaturated/α-hetero) is 1. The van der Waals surface area contributed by atoms with E-state index in [-0.39, 0.29) is 36.4 Å². The Balaban J connectivity index is 1.65. The Morgan fingerprint density at radius 3 is 2.67 bits per heavy atom. The summed E-state index contributed by atoms with van der Waals surface area (Å²) in [7, 11) is -3.02. The van der Waals surface area contributed by atoms with E-state index in [1.165, 1.54) is 11.3 Å². The van der Waals surface area contributed by atoms with E-state index < -0.39 is 15.8 Å². The third-order valence-electron chi connectivity index (χ3n) is 4.71. The standard InChI is InChI=1S/C18H22N2O5S2/c1-11-6-16(12(2)20(11)15-4-5-27(23,24)10-15)17(21)8-25-18(22)7-14-9-26-13(3)19-14/h6,9,15H,4-5,7-8,10H2,1-3H3. The topological polar surface area (TPSA) is 95.3 Å². The molecular formula is C18H22N2O5S2. The van der Waals surface area contributed by atoms with Crippen LogP contribution in [0.3, 0.4) is 0 Å². The molecule has 2 aromatic rings. The van der Waals surface area contributed by atoms with E-state index in [2.05, 4.69) is 4.98 Å².